The van der Waals surface area contributed by atoms with Crippen molar-refractivity contribution in [1.29, 1.82) is 0 Å². The SMILES string of the molecule is [2H]C([2H])([2H])C(c1ccc(-c2ccnc(-c3cc(-c4ccccc4)cc(-c4cccc5c4nc(-c4ccccc4O)n5-c4ccc(C(C)(C)CC)cc4-c4ccccc4)c3)c2)cc1)(C([2H])([2H])[2H])C([2H])([2H])[2H]. The summed E-state index contributed by atoms with van der Waals surface area (Å²) in [6.45, 7) is -3.39. The number of pyridine rings is 1. The maximum Gasteiger partial charge on any atom is 0.149 e. The molecule has 0 bridgehead atoms. The van der Waals surface area contributed by atoms with Gasteiger partial charge < -0.3 is 5.11 Å². The summed E-state index contributed by atoms with van der Waals surface area (Å²) in [6, 6.07) is 56.1. The molecule has 61 heavy (non-hydrogen) atoms. The molecule has 300 valence electrons. The molecule has 0 unspecified atom stereocenters. The molecule has 0 amide bonds. The Hall–Kier alpha value is -7.04. The van der Waals surface area contributed by atoms with Crippen LogP contribution in [0.25, 0.3) is 83.9 Å². The van der Waals surface area contributed by atoms with Gasteiger partial charge in [-0.1, -0.05) is 157 Å². The van der Waals surface area contributed by atoms with Crippen LogP contribution in [0.1, 0.15) is 71.2 Å². The van der Waals surface area contributed by atoms with Gasteiger partial charge in [-0.2, -0.15) is 0 Å². The predicted octanol–water partition coefficient (Wildman–Crippen LogP) is 15.1. The molecule has 0 fully saturated rings. The molecule has 4 nitrogen and oxygen atoms in total. The number of para-hydroxylation sites is 2. The Bertz CT molecular complexity index is 3320. The summed E-state index contributed by atoms with van der Waals surface area (Å²) in [6.07, 6.45) is 2.62. The van der Waals surface area contributed by atoms with Gasteiger partial charge in [0.25, 0.3) is 0 Å². The third-order valence-corrected chi connectivity index (χ3v) is 11.9. The average molecular weight is 803 g/mol. The first-order chi connectivity index (χ1) is 33.2. The predicted molar refractivity (Wildman–Crippen MR) is 255 cm³/mol. The lowest BCUT2D eigenvalue weighted by Gasteiger charge is -2.25. The Balaban J connectivity index is 1.23. The minimum absolute atomic E-state index is 0.0790. The standard InChI is InChI=1S/C57H51N3O/c1-7-57(5,6)46-29-30-51(49(37-46)40-19-12-9-13-20-40)60-52-23-16-22-47(54(52)59-55(60)48-21-14-15-24-53(48)61)43-33-42(38-17-10-8-11-18-38)34-44(35-43)50-36-41(31-32-58-50)39-25-27-45(28-26-39)56(2,3)4/h8-37,61H,7H2,1-6H3/i2D3,3D3,4D3. The van der Waals surface area contributed by atoms with Crippen molar-refractivity contribution in [3.8, 4) is 78.6 Å². The van der Waals surface area contributed by atoms with Crippen molar-refractivity contribution >= 4 is 11.0 Å². The quantitative estimate of drug-likeness (QED) is 0.158. The molecule has 4 heteroatoms. The van der Waals surface area contributed by atoms with E-state index in [0.717, 1.165) is 62.1 Å². The van der Waals surface area contributed by atoms with Crippen molar-refractivity contribution in [3.05, 3.63) is 193 Å². The molecule has 2 aromatic heterocycles. The zero-order valence-corrected chi connectivity index (χ0v) is 34.3. The maximum absolute atomic E-state index is 11.5. The molecular weight excluding hydrogens is 743 g/mol. The van der Waals surface area contributed by atoms with Gasteiger partial charge in [-0.3, -0.25) is 9.55 Å². The Labute approximate surface area is 372 Å². The second-order valence-corrected chi connectivity index (χ2v) is 16.2. The molecule has 7 aromatic carbocycles. The van der Waals surface area contributed by atoms with Crippen LogP contribution in [0, 0.1) is 0 Å². The molecule has 9 rings (SSSR count). The van der Waals surface area contributed by atoms with E-state index < -0.39 is 26.0 Å². The highest BCUT2D eigenvalue weighted by atomic mass is 16.3. The van der Waals surface area contributed by atoms with Crippen LogP contribution in [0.15, 0.2) is 182 Å². The summed E-state index contributed by atoms with van der Waals surface area (Å²) >= 11 is 0. The highest BCUT2D eigenvalue weighted by molar-refractivity contribution is 5.98. The molecule has 0 aliphatic heterocycles. The lowest BCUT2D eigenvalue weighted by atomic mass is 9.81. The van der Waals surface area contributed by atoms with Crippen molar-refractivity contribution in [2.75, 3.05) is 0 Å². The van der Waals surface area contributed by atoms with E-state index in [-0.39, 0.29) is 16.7 Å². The van der Waals surface area contributed by atoms with Gasteiger partial charge in [-0.05, 0) is 122 Å². The van der Waals surface area contributed by atoms with Crippen LogP contribution in [-0.4, -0.2) is 19.6 Å². The fourth-order valence-corrected chi connectivity index (χ4v) is 8.03. The largest absolute Gasteiger partial charge is 0.507 e. The molecular formula is C57H51N3O. The monoisotopic (exact) mass is 802 g/mol. The molecule has 0 aliphatic carbocycles. The molecule has 0 radical (unpaired) electrons. The number of aromatic nitrogens is 3. The van der Waals surface area contributed by atoms with E-state index in [1.54, 1.807) is 36.5 Å². The zero-order chi connectivity index (χ0) is 49.8. The van der Waals surface area contributed by atoms with Crippen LogP contribution in [0.5, 0.6) is 5.75 Å². The van der Waals surface area contributed by atoms with Gasteiger partial charge in [0.2, 0.25) is 0 Å². The van der Waals surface area contributed by atoms with Gasteiger partial charge in [-0.15, -0.1) is 0 Å². The molecule has 0 aliphatic rings. The van der Waals surface area contributed by atoms with Gasteiger partial charge in [0.1, 0.15) is 11.6 Å². The second kappa shape index (κ2) is 15.9. The number of imidazole rings is 1. The van der Waals surface area contributed by atoms with Crippen LogP contribution >= 0.6 is 0 Å². The number of phenols is 1. The minimum atomic E-state index is -3.37. The van der Waals surface area contributed by atoms with Crippen molar-refractivity contribution in [1.82, 2.24) is 14.5 Å². The fraction of sp³-hybridized carbons (Fsp3) is 0.158. The number of hydrogen-bond donors (Lipinski definition) is 1. The summed E-state index contributed by atoms with van der Waals surface area (Å²) < 4.78 is 75.9. The number of phenolic OH excluding ortho intramolecular Hbond substituents is 1. The lowest BCUT2D eigenvalue weighted by molar-refractivity contribution is 0.477. The minimum Gasteiger partial charge on any atom is -0.507 e. The van der Waals surface area contributed by atoms with Gasteiger partial charge in [-0.25, -0.2) is 4.98 Å². The first kappa shape index (κ1) is 30.1. The third kappa shape index (κ3) is 7.66. The zero-order valence-electron chi connectivity index (χ0n) is 43.3. The number of benzene rings is 7. The van der Waals surface area contributed by atoms with Crippen molar-refractivity contribution in [2.24, 2.45) is 0 Å². The Morgan fingerprint density at radius 1 is 0.541 bits per heavy atom. The van der Waals surface area contributed by atoms with Gasteiger partial charge >= 0.3 is 0 Å². The number of nitrogens with zero attached hydrogens (tertiary/aromatic N) is 3. The summed E-state index contributed by atoms with van der Waals surface area (Å²) in [7, 11) is 0. The number of aromatic hydroxyl groups is 1. The summed E-state index contributed by atoms with van der Waals surface area (Å²) in [5.74, 6) is 0.680. The summed E-state index contributed by atoms with van der Waals surface area (Å²) in [4.78, 5) is 10.3. The van der Waals surface area contributed by atoms with Crippen LogP contribution in [0.3, 0.4) is 0 Å². The van der Waals surface area contributed by atoms with E-state index in [9.17, 15) is 5.11 Å². The summed E-state index contributed by atoms with van der Waals surface area (Å²) in [5, 5.41) is 11.5. The lowest BCUT2D eigenvalue weighted by Crippen LogP contribution is -2.16. The fourth-order valence-electron chi connectivity index (χ4n) is 8.03. The van der Waals surface area contributed by atoms with Gasteiger partial charge in [0.15, 0.2) is 0 Å². The van der Waals surface area contributed by atoms with Crippen molar-refractivity contribution in [3.63, 3.8) is 0 Å². The Kier molecular flexibility index (Phi) is 7.81. The topological polar surface area (TPSA) is 50.9 Å². The normalized spacial score (nSPS) is 14.7. The third-order valence-electron chi connectivity index (χ3n) is 11.9. The Morgan fingerprint density at radius 2 is 1.18 bits per heavy atom. The van der Waals surface area contributed by atoms with Crippen LogP contribution in [-0.2, 0) is 10.8 Å². The molecule has 2 heterocycles. The molecule has 0 atom stereocenters. The van der Waals surface area contributed by atoms with E-state index in [1.165, 1.54) is 17.7 Å². The summed E-state index contributed by atoms with van der Waals surface area (Å²) in [5.41, 5.74) is 9.18. The van der Waals surface area contributed by atoms with Crippen LogP contribution in [0.4, 0.5) is 0 Å². The second-order valence-electron chi connectivity index (χ2n) is 16.2. The van der Waals surface area contributed by atoms with Gasteiger partial charge in [0, 0.05) is 35.2 Å². The van der Waals surface area contributed by atoms with Gasteiger partial charge in [0.05, 0.1) is 28.0 Å². The molecule has 0 saturated heterocycles. The number of hydrogen-bond acceptors (Lipinski definition) is 3. The molecule has 0 spiro atoms. The smallest absolute Gasteiger partial charge is 0.149 e. The highest BCUT2D eigenvalue weighted by Crippen LogP contribution is 2.43. The highest BCUT2D eigenvalue weighted by Gasteiger charge is 2.25. The van der Waals surface area contributed by atoms with E-state index in [2.05, 4.69) is 86.0 Å². The van der Waals surface area contributed by atoms with Crippen LogP contribution in [0.2, 0.25) is 0 Å². The first-order valence-corrected chi connectivity index (χ1v) is 20.5. The maximum atomic E-state index is 11.5. The average Bonchev–Trinajstić information content (AvgIpc) is 3.73. The molecule has 0 saturated carbocycles. The van der Waals surface area contributed by atoms with Crippen LogP contribution < -0.4 is 0 Å². The van der Waals surface area contributed by atoms with E-state index in [4.69, 9.17) is 22.3 Å². The molecule has 9 aromatic rings. The molecule has 1 N–H and O–H groups in total. The van der Waals surface area contributed by atoms with E-state index in [0.29, 0.717) is 28.2 Å². The Morgan fingerprint density at radius 3 is 1.90 bits per heavy atom. The first-order valence-electron chi connectivity index (χ1n) is 25.0. The number of fused-ring (bicyclic) bond motifs is 1. The van der Waals surface area contributed by atoms with E-state index in [1.807, 2.05) is 72.8 Å². The van der Waals surface area contributed by atoms with E-state index >= 15 is 0 Å². The van der Waals surface area contributed by atoms with Crippen molar-refractivity contribution in [2.45, 2.75) is 58.6 Å². The number of rotatable bonds is 9. The van der Waals surface area contributed by atoms with Crippen molar-refractivity contribution < 1.29 is 17.4 Å².